The number of carbonyl (C=O) groups excluding carboxylic acids is 1. The highest BCUT2D eigenvalue weighted by molar-refractivity contribution is 5.85. The summed E-state index contributed by atoms with van der Waals surface area (Å²) in [7, 11) is 0. The van der Waals surface area contributed by atoms with Crippen LogP contribution in [0.2, 0.25) is 0 Å². The first kappa shape index (κ1) is 18.2. The predicted molar refractivity (Wildman–Crippen MR) is 99.4 cm³/mol. The summed E-state index contributed by atoms with van der Waals surface area (Å²) < 4.78 is 13.5. The highest BCUT2D eigenvalue weighted by atomic mass is 19.1. The Morgan fingerprint density at radius 1 is 1.12 bits per heavy atom. The van der Waals surface area contributed by atoms with Crippen molar-refractivity contribution >= 4 is 11.6 Å². The lowest BCUT2D eigenvalue weighted by molar-refractivity contribution is -0.134. The van der Waals surface area contributed by atoms with Crippen LogP contribution >= 0.6 is 0 Å². The van der Waals surface area contributed by atoms with Crippen LogP contribution in [-0.2, 0) is 11.2 Å². The van der Waals surface area contributed by atoms with Crippen LogP contribution in [0.15, 0.2) is 18.2 Å². The van der Waals surface area contributed by atoms with Crippen LogP contribution in [0.25, 0.3) is 0 Å². The van der Waals surface area contributed by atoms with Crippen LogP contribution < -0.4 is 4.90 Å². The molecule has 3 rings (SSSR count). The monoisotopic (exact) mass is 347 g/mol. The van der Waals surface area contributed by atoms with Crippen LogP contribution in [0.3, 0.4) is 0 Å². The lowest BCUT2D eigenvalue weighted by Gasteiger charge is -2.44. The molecule has 0 aromatic heterocycles. The number of hydrogen-bond acceptors (Lipinski definition) is 3. The average Bonchev–Trinajstić information content (AvgIpc) is 2.59. The van der Waals surface area contributed by atoms with Gasteiger partial charge in [0.2, 0.25) is 5.91 Å². The standard InChI is InChI=1S/C20H30FN3O/c1-15(19(25)22-10-12-23(13-11-22)20(2,3)4)24-9-5-6-16-14-17(21)7-8-18(16)24/h7-8,14-15H,5-6,9-13H2,1-4H3. The van der Waals surface area contributed by atoms with Gasteiger partial charge in [0.05, 0.1) is 0 Å². The van der Waals surface area contributed by atoms with Crippen LogP contribution in [0.4, 0.5) is 10.1 Å². The van der Waals surface area contributed by atoms with Crippen LogP contribution in [0.5, 0.6) is 0 Å². The van der Waals surface area contributed by atoms with E-state index in [9.17, 15) is 9.18 Å². The molecule has 1 atom stereocenters. The highest BCUT2D eigenvalue weighted by Gasteiger charge is 2.33. The quantitative estimate of drug-likeness (QED) is 0.823. The second-order valence-electron chi connectivity index (χ2n) is 8.23. The van der Waals surface area contributed by atoms with Gasteiger partial charge in [0, 0.05) is 44.0 Å². The lowest BCUT2D eigenvalue weighted by Crippen LogP contribution is -2.58. The highest BCUT2D eigenvalue weighted by Crippen LogP contribution is 2.30. The third-order valence-corrected chi connectivity index (χ3v) is 5.56. The van der Waals surface area contributed by atoms with E-state index >= 15 is 0 Å². The Hall–Kier alpha value is -1.62. The van der Waals surface area contributed by atoms with Crippen molar-refractivity contribution in [3.63, 3.8) is 0 Å². The van der Waals surface area contributed by atoms with Crippen molar-refractivity contribution in [1.29, 1.82) is 0 Å². The van der Waals surface area contributed by atoms with Gasteiger partial charge in [0.25, 0.3) is 0 Å². The van der Waals surface area contributed by atoms with Gasteiger partial charge in [-0.2, -0.15) is 0 Å². The molecule has 2 heterocycles. The Kier molecular flexibility index (Phi) is 5.05. The molecule has 2 aliphatic heterocycles. The van der Waals surface area contributed by atoms with E-state index in [0.717, 1.165) is 56.8 Å². The van der Waals surface area contributed by atoms with Gasteiger partial charge in [0.15, 0.2) is 0 Å². The van der Waals surface area contributed by atoms with Gasteiger partial charge in [-0.25, -0.2) is 4.39 Å². The van der Waals surface area contributed by atoms with Gasteiger partial charge < -0.3 is 9.80 Å². The van der Waals surface area contributed by atoms with E-state index in [1.54, 1.807) is 6.07 Å². The molecule has 0 N–H and O–H groups in total. The molecule has 0 saturated carbocycles. The Balaban J connectivity index is 1.68. The van der Waals surface area contributed by atoms with Crippen molar-refractivity contribution in [3.05, 3.63) is 29.6 Å². The molecule has 0 spiro atoms. The molecule has 5 heteroatoms. The molecule has 1 aromatic rings. The van der Waals surface area contributed by atoms with Crippen molar-refractivity contribution < 1.29 is 9.18 Å². The van der Waals surface area contributed by atoms with Crippen LogP contribution in [-0.4, -0.2) is 60.0 Å². The summed E-state index contributed by atoms with van der Waals surface area (Å²) in [6.07, 6.45) is 1.85. The van der Waals surface area contributed by atoms with Crippen LogP contribution in [0.1, 0.15) is 39.7 Å². The Morgan fingerprint density at radius 2 is 1.80 bits per heavy atom. The zero-order valence-corrected chi connectivity index (χ0v) is 15.9. The summed E-state index contributed by atoms with van der Waals surface area (Å²) in [4.78, 5) is 19.6. The molecule has 2 aliphatic rings. The largest absolute Gasteiger partial charge is 0.360 e. The summed E-state index contributed by atoms with van der Waals surface area (Å²) >= 11 is 0. The fourth-order valence-electron chi connectivity index (χ4n) is 3.99. The molecule has 1 aromatic carbocycles. The van der Waals surface area contributed by atoms with E-state index in [4.69, 9.17) is 0 Å². The third kappa shape index (κ3) is 3.81. The van der Waals surface area contributed by atoms with Crippen molar-refractivity contribution in [3.8, 4) is 0 Å². The number of carbonyl (C=O) groups is 1. The molecular weight excluding hydrogens is 317 g/mol. The number of rotatable bonds is 2. The summed E-state index contributed by atoms with van der Waals surface area (Å²) in [5.74, 6) is -0.0105. The van der Waals surface area contributed by atoms with Gasteiger partial charge in [-0.1, -0.05) is 0 Å². The normalized spacial score (nSPS) is 20.4. The van der Waals surface area contributed by atoms with Gasteiger partial charge in [-0.3, -0.25) is 9.69 Å². The van der Waals surface area contributed by atoms with Crippen molar-refractivity contribution in [2.45, 2.75) is 52.1 Å². The zero-order chi connectivity index (χ0) is 18.2. The predicted octanol–water partition coefficient (Wildman–Crippen LogP) is 2.91. The first-order valence-corrected chi connectivity index (χ1v) is 9.36. The molecule has 1 unspecified atom stereocenters. The second kappa shape index (κ2) is 6.94. The lowest BCUT2D eigenvalue weighted by atomic mass is 9.99. The number of halogens is 1. The maximum absolute atomic E-state index is 13.5. The minimum atomic E-state index is -0.203. The van der Waals surface area contributed by atoms with E-state index < -0.39 is 0 Å². The minimum absolute atomic E-state index is 0.149. The van der Waals surface area contributed by atoms with Gasteiger partial charge in [-0.05, 0) is 64.3 Å². The van der Waals surface area contributed by atoms with E-state index in [-0.39, 0.29) is 23.3 Å². The number of benzene rings is 1. The summed E-state index contributed by atoms with van der Waals surface area (Å²) in [5, 5.41) is 0. The molecule has 0 aliphatic carbocycles. The first-order chi connectivity index (χ1) is 11.8. The second-order valence-corrected chi connectivity index (χ2v) is 8.23. The van der Waals surface area contributed by atoms with Gasteiger partial charge >= 0.3 is 0 Å². The number of anilines is 1. The van der Waals surface area contributed by atoms with Crippen molar-refractivity contribution in [2.75, 3.05) is 37.6 Å². The van der Waals surface area contributed by atoms with E-state index in [1.165, 1.54) is 6.07 Å². The number of piperazine rings is 1. The Bertz CT molecular complexity index is 632. The van der Waals surface area contributed by atoms with Crippen molar-refractivity contribution in [1.82, 2.24) is 9.80 Å². The van der Waals surface area contributed by atoms with Gasteiger partial charge in [-0.15, -0.1) is 0 Å². The number of aryl methyl sites for hydroxylation is 1. The molecule has 0 bridgehead atoms. The van der Waals surface area contributed by atoms with Gasteiger partial charge in [0.1, 0.15) is 11.9 Å². The number of nitrogens with zero attached hydrogens (tertiary/aromatic N) is 3. The third-order valence-electron chi connectivity index (χ3n) is 5.56. The molecule has 1 saturated heterocycles. The average molecular weight is 347 g/mol. The fraction of sp³-hybridized carbons (Fsp3) is 0.650. The first-order valence-electron chi connectivity index (χ1n) is 9.36. The van der Waals surface area contributed by atoms with E-state index in [1.807, 2.05) is 17.9 Å². The topological polar surface area (TPSA) is 26.8 Å². The maximum atomic E-state index is 13.5. The zero-order valence-electron chi connectivity index (χ0n) is 15.9. The minimum Gasteiger partial charge on any atom is -0.360 e. The van der Waals surface area contributed by atoms with Crippen LogP contribution in [0, 0.1) is 5.82 Å². The SMILES string of the molecule is CC(C(=O)N1CCN(C(C)(C)C)CC1)N1CCCc2cc(F)ccc21. The molecule has 1 fully saturated rings. The van der Waals surface area contributed by atoms with E-state index in [2.05, 4.69) is 30.6 Å². The summed E-state index contributed by atoms with van der Waals surface area (Å²) in [5.41, 5.74) is 2.18. The molecule has 25 heavy (non-hydrogen) atoms. The van der Waals surface area contributed by atoms with E-state index in [0.29, 0.717) is 0 Å². The van der Waals surface area contributed by atoms with Crippen molar-refractivity contribution in [2.24, 2.45) is 0 Å². The number of amides is 1. The summed E-state index contributed by atoms with van der Waals surface area (Å²) in [6.45, 7) is 12.9. The summed E-state index contributed by atoms with van der Waals surface area (Å²) in [6, 6.07) is 4.73. The Labute approximate surface area is 150 Å². The molecule has 138 valence electrons. The smallest absolute Gasteiger partial charge is 0.245 e. The number of hydrogen-bond donors (Lipinski definition) is 0. The fourth-order valence-corrected chi connectivity index (χ4v) is 3.99. The number of fused-ring (bicyclic) bond motifs is 1. The maximum Gasteiger partial charge on any atom is 0.245 e. The molecule has 1 amide bonds. The molecular formula is C20H30FN3O. The Morgan fingerprint density at radius 3 is 2.44 bits per heavy atom. The molecule has 0 radical (unpaired) electrons. The molecule has 4 nitrogen and oxygen atoms in total.